The molecule has 1 aliphatic carbocycles. The first-order valence-corrected chi connectivity index (χ1v) is 13.8. The molecule has 1 amide bonds. The smallest absolute Gasteiger partial charge is 0.264 e. The van der Waals surface area contributed by atoms with Gasteiger partial charge in [0.05, 0.1) is 12.7 Å². The highest BCUT2D eigenvalue weighted by atomic mass is 19.3. The van der Waals surface area contributed by atoms with Crippen molar-refractivity contribution >= 4 is 17.4 Å². The number of amidine groups is 1. The zero-order valence-corrected chi connectivity index (χ0v) is 22.6. The standard InChI is InChI=1S/C22H26F2N6O.C7H14/c1-13(31)29-7-5-19(25)18(12-29)22(26)30-6-3-4-14-8-16(15-10-27-28(2)11-15)17(21(23)24)9-20(14)30;1-2-4-6-7-5-3-1/h8-11,21,26H,3-7,12,25H2,1-2H3;1-7H2. The summed E-state index contributed by atoms with van der Waals surface area (Å²) in [6.45, 7) is 2.82. The van der Waals surface area contributed by atoms with Gasteiger partial charge >= 0.3 is 0 Å². The van der Waals surface area contributed by atoms with Crippen molar-refractivity contribution in [3.8, 4) is 11.1 Å². The molecule has 7 nitrogen and oxygen atoms in total. The average molecular weight is 527 g/mol. The first kappa shape index (κ1) is 27.8. The lowest BCUT2D eigenvalue weighted by molar-refractivity contribution is -0.128. The van der Waals surface area contributed by atoms with E-state index in [2.05, 4.69) is 5.10 Å². The van der Waals surface area contributed by atoms with Gasteiger partial charge in [-0.25, -0.2) is 8.78 Å². The molecule has 1 fully saturated rings. The molecular formula is C29H40F2N6O. The van der Waals surface area contributed by atoms with Gasteiger partial charge in [-0.3, -0.25) is 14.9 Å². The number of nitrogens with two attached hydrogens (primary N) is 1. The maximum absolute atomic E-state index is 14.0. The number of nitrogens with one attached hydrogen (secondary N) is 1. The Balaban J connectivity index is 0.000000417. The minimum Gasteiger partial charge on any atom is -0.402 e. The normalized spacial score (nSPS) is 18.0. The molecule has 1 aromatic heterocycles. The highest BCUT2D eigenvalue weighted by Gasteiger charge is 2.30. The molecule has 1 aromatic carbocycles. The van der Waals surface area contributed by atoms with Gasteiger partial charge in [-0.1, -0.05) is 44.9 Å². The molecule has 3 heterocycles. The van der Waals surface area contributed by atoms with Crippen LogP contribution in [0.15, 0.2) is 35.8 Å². The molecule has 0 radical (unpaired) electrons. The van der Waals surface area contributed by atoms with Gasteiger partial charge < -0.3 is 15.5 Å². The number of amides is 1. The summed E-state index contributed by atoms with van der Waals surface area (Å²) < 4.78 is 29.6. The Morgan fingerprint density at radius 3 is 2.24 bits per heavy atom. The second-order valence-corrected chi connectivity index (χ2v) is 10.5. The second-order valence-electron chi connectivity index (χ2n) is 10.5. The molecule has 0 saturated heterocycles. The predicted octanol–water partition coefficient (Wildman–Crippen LogP) is 5.95. The summed E-state index contributed by atoms with van der Waals surface area (Å²) in [6, 6.07) is 3.30. The highest BCUT2D eigenvalue weighted by molar-refractivity contribution is 6.09. The Bertz CT molecular complexity index is 1170. The molecule has 5 rings (SSSR count). The van der Waals surface area contributed by atoms with Gasteiger partial charge in [0.1, 0.15) is 5.84 Å². The Kier molecular flexibility index (Phi) is 9.17. The van der Waals surface area contributed by atoms with Crippen LogP contribution in [0.2, 0.25) is 0 Å². The first-order chi connectivity index (χ1) is 18.3. The largest absolute Gasteiger partial charge is 0.402 e. The maximum atomic E-state index is 14.0. The molecular weight excluding hydrogens is 486 g/mol. The zero-order chi connectivity index (χ0) is 27.2. The third-order valence-electron chi connectivity index (χ3n) is 7.76. The van der Waals surface area contributed by atoms with Crippen molar-refractivity contribution in [3.63, 3.8) is 0 Å². The number of alkyl halides is 2. The van der Waals surface area contributed by atoms with Gasteiger partial charge in [0.2, 0.25) is 5.91 Å². The SMILES string of the molecule is C1CCCCCC1.CC(=O)N1CCC(N)=C(C(=N)N2CCCc3cc(-c4cnn(C)c4)c(C(F)F)cc32)C1. The van der Waals surface area contributed by atoms with Crippen LogP contribution in [-0.4, -0.2) is 46.1 Å². The van der Waals surface area contributed by atoms with Crippen LogP contribution in [0.5, 0.6) is 0 Å². The number of fused-ring (bicyclic) bond motifs is 1. The molecule has 3 N–H and O–H groups in total. The molecule has 3 aliphatic rings. The van der Waals surface area contributed by atoms with Crippen molar-refractivity contribution in [1.82, 2.24) is 14.7 Å². The van der Waals surface area contributed by atoms with E-state index in [0.717, 1.165) is 18.4 Å². The lowest BCUT2D eigenvalue weighted by Gasteiger charge is -2.36. The molecule has 9 heteroatoms. The number of benzene rings is 1. The van der Waals surface area contributed by atoms with Crippen LogP contribution in [0.3, 0.4) is 0 Å². The maximum Gasteiger partial charge on any atom is 0.264 e. The number of hydrogen-bond acceptors (Lipinski definition) is 4. The van der Waals surface area contributed by atoms with Crippen LogP contribution in [0, 0.1) is 5.41 Å². The number of aromatic nitrogens is 2. The third kappa shape index (κ3) is 6.42. The summed E-state index contributed by atoms with van der Waals surface area (Å²) >= 11 is 0. The fourth-order valence-electron chi connectivity index (χ4n) is 5.55. The van der Waals surface area contributed by atoms with Crippen molar-refractivity contribution < 1.29 is 13.6 Å². The van der Waals surface area contributed by atoms with Gasteiger partial charge in [0, 0.05) is 67.8 Å². The number of rotatable bonds is 3. The van der Waals surface area contributed by atoms with E-state index in [1.54, 1.807) is 40.0 Å². The number of aryl methyl sites for hydroxylation is 2. The average Bonchev–Trinajstić information content (AvgIpc) is 3.13. The summed E-state index contributed by atoms with van der Waals surface area (Å²) in [7, 11) is 1.75. The molecule has 2 aromatic rings. The van der Waals surface area contributed by atoms with E-state index in [1.165, 1.54) is 57.9 Å². The topological polar surface area (TPSA) is 91.2 Å². The molecule has 0 unspecified atom stereocenters. The summed E-state index contributed by atoms with van der Waals surface area (Å²) in [5.74, 6) is 0.108. The Morgan fingerprint density at radius 1 is 1.03 bits per heavy atom. The quantitative estimate of drug-likeness (QED) is 0.294. The van der Waals surface area contributed by atoms with Crippen LogP contribution in [0.1, 0.15) is 82.3 Å². The number of hydrogen-bond donors (Lipinski definition) is 2. The number of carbonyl (C=O) groups excluding carboxylic acids is 1. The summed E-state index contributed by atoms with van der Waals surface area (Å²) in [5, 5.41) is 12.9. The number of carbonyl (C=O) groups is 1. The van der Waals surface area contributed by atoms with Crippen LogP contribution < -0.4 is 10.6 Å². The van der Waals surface area contributed by atoms with E-state index in [4.69, 9.17) is 11.1 Å². The first-order valence-electron chi connectivity index (χ1n) is 13.8. The van der Waals surface area contributed by atoms with E-state index < -0.39 is 6.43 Å². The lowest BCUT2D eigenvalue weighted by atomic mass is 9.92. The van der Waals surface area contributed by atoms with E-state index in [9.17, 15) is 13.6 Å². The van der Waals surface area contributed by atoms with E-state index >= 15 is 0 Å². The van der Waals surface area contributed by atoms with Crippen LogP contribution in [0.25, 0.3) is 11.1 Å². The van der Waals surface area contributed by atoms with E-state index in [1.807, 2.05) is 0 Å². The minimum absolute atomic E-state index is 0.0713. The Morgan fingerprint density at radius 2 is 1.68 bits per heavy atom. The number of nitrogens with zero attached hydrogens (tertiary/aromatic N) is 4. The molecule has 2 aliphatic heterocycles. The van der Waals surface area contributed by atoms with Crippen LogP contribution in [-0.2, 0) is 18.3 Å². The van der Waals surface area contributed by atoms with E-state index in [-0.39, 0.29) is 23.9 Å². The number of halogens is 2. The summed E-state index contributed by atoms with van der Waals surface area (Å²) in [5.41, 5.74) is 9.91. The van der Waals surface area contributed by atoms with Crippen molar-refractivity contribution in [2.24, 2.45) is 12.8 Å². The minimum atomic E-state index is -2.66. The monoisotopic (exact) mass is 526 g/mol. The van der Waals surface area contributed by atoms with Crippen molar-refractivity contribution in [2.75, 3.05) is 24.5 Å². The molecule has 1 saturated carbocycles. The lowest BCUT2D eigenvalue weighted by Crippen LogP contribution is -2.44. The highest BCUT2D eigenvalue weighted by Crippen LogP contribution is 2.39. The van der Waals surface area contributed by atoms with Gasteiger partial charge in [-0.05, 0) is 36.1 Å². The fourth-order valence-corrected chi connectivity index (χ4v) is 5.55. The van der Waals surface area contributed by atoms with Gasteiger partial charge in [0.25, 0.3) is 6.43 Å². The summed E-state index contributed by atoms with van der Waals surface area (Å²) in [4.78, 5) is 15.2. The molecule has 206 valence electrons. The molecule has 0 atom stereocenters. The van der Waals surface area contributed by atoms with Crippen molar-refractivity contribution in [3.05, 3.63) is 46.9 Å². The summed E-state index contributed by atoms with van der Waals surface area (Å²) in [6.07, 6.45) is 13.2. The zero-order valence-electron chi connectivity index (χ0n) is 22.6. The van der Waals surface area contributed by atoms with Crippen molar-refractivity contribution in [2.45, 2.75) is 77.6 Å². The Labute approximate surface area is 224 Å². The van der Waals surface area contributed by atoms with Gasteiger partial charge in [-0.15, -0.1) is 0 Å². The van der Waals surface area contributed by atoms with Crippen LogP contribution >= 0.6 is 0 Å². The van der Waals surface area contributed by atoms with Crippen molar-refractivity contribution in [1.29, 1.82) is 5.41 Å². The van der Waals surface area contributed by atoms with Gasteiger partial charge in [-0.2, -0.15) is 5.10 Å². The molecule has 38 heavy (non-hydrogen) atoms. The number of anilines is 1. The fraction of sp³-hybridized carbons (Fsp3) is 0.552. The predicted molar refractivity (Wildman–Crippen MR) is 147 cm³/mol. The van der Waals surface area contributed by atoms with Crippen LogP contribution in [0.4, 0.5) is 14.5 Å². The second kappa shape index (κ2) is 12.5. The Hall–Kier alpha value is -3.23. The van der Waals surface area contributed by atoms with Gasteiger partial charge in [0.15, 0.2) is 0 Å². The van der Waals surface area contributed by atoms with E-state index in [0.29, 0.717) is 47.6 Å². The third-order valence-corrected chi connectivity index (χ3v) is 7.76. The molecule has 0 bridgehead atoms. The molecule has 0 spiro atoms.